The molecule has 0 bridgehead atoms. The van der Waals surface area contributed by atoms with Crippen LogP contribution < -0.4 is 4.74 Å². The van der Waals surface area contributed by atoms with Gasteiger partial charge in [0.15, 0.2) is 0 Å². The van der Waals surface area contributed by atoms with E-state index >= 15 is 0 Å². The Morgan fingerprint density at radius 2 is 1.97 bits per heavy atom. The van der Waals surface area contributed by atoms with Gasteiger partial charge in [0, 0.05) is 59.6 Å². The Morgan fingerprint density at radius 1 is 1.14 bits per heavy atom. The van der Waals surface area contributed by atoms with Gasteiger partial charge in [0.25, 0.3) is 5.91 Å². The van der Waals surface area contributed by atoms with E-state index in [2.05, 4.69) is 15.2 Å². The van der Waals surface area contributed by atoms with E-state index in [-0.39, 0.29) is 11.9 Å². The zero-order valence-corrected chi connectivity index (χ0v) is 22.0. The number of aromatic nitrogens is 3. The van der Waals surface area contributed by atoms with Crippen LogP contribution in [0.2, 0.25) is 5.02 Å². The molecule has 0 aliphatic heterocycles. The number of ether oxygens (including phenoxy) is 1. The summed E-state index contributed by atoms with van der Waals surface area (Å²) in [6.07, 6.45) is 5.80. The number of halogens is 2. The molecule has 7 nitrogen and oxygen atoms in total. The lowest BCUT2D eigenvalue weighted by atomic mass is 9.99. The van der Waals surface area contributed by atoms with Crippen molar-refractivity contribution in [2.75, 3.05) is 40.5 Å². The number of alkyl halides is 1. The summed E-state index contributed by atoms with van der Waals surface area (Å²) in [6.45, 7) is 2.88. The van der Waals surface area contributed by atoms with Crippen LogP contribution in [0, 0.1) is 0 Å². The van der Waals surface area contributed by atoms with Crippen molar-refractivity contribution in [1.82, 2.24) is 25.0 Å². The number of carbonyl (C=O) groups excluding carboxylic acids is 1. The highest BCUT2D eigenvalue weighted by atomic mass is 35.5. The first-order valence-electron chi connectivity index (χ1n) is 12.2. The predicted octanol–water partition coefficient (Wildman–Crippen LogP) is 5.78. The first-order chi connectivity index (χ1) is 17.9. The van der Waals surface area contributed by atoms with Gasteiger partial charge in [-0.05, 0) is 56.3 Å². The zero-order chi connectivity index (χ0) is 26.4. The fraction of sp³-hybridized carbons (Fsp3) is 0.321. The fourth-order valence-corrected chi connectivity index (χ4v) is 4.66. The van der Waals surface area contributed by atoms with Gasteiger partial charge in [-0.15, -0.1) is 0 Å². The van der Waals surface area contributed by atoms with Gasteiger partial charge >= 0.3 is 0 Å². The van der Waals surface area contributed by atoms with Gasteiger partial charge in [-0.25, -0.2) is 4.39 Å². The molecule has 37 heavy (non-hydrogen) atoms. The monoisotopic (exact) mass is 523 g/mol. The average molecular weight is 524 g/mol. The Balaban J connectivity index is 1.68. The summed E-state index contributed by atoms with van der Waals surface area (Å²) in [5.74, 6) is 0.453. The molecule has 0 aliphatic rings. The van der Waals surface area contributed by atoms with Crippen molar-refractivity contribution in [2.24, 2.45) is 0 Å². The van der Waals surface area contributed by atoms with Crippen molar-refractivity contribution in [3.05, 3.63) is 77.2 Å². The number of pyridine rings is 1. The number of fused-ring (bicyclic) bond motifs is 1. The van der Waals surface area contributed by atoms with Crippen LogP contribution in [-0.2, 0) is 0 Å². The van der Waals surface area contributed by atoms with Crippen LogP contribution >= 0.6 is 11.6 Å². The molecule has 4 rings (SSSR count). The molecule has 9 heteroatoms. The molecule has 2 aromatic carbocycles. The number of benzene rings is 2. The van der Waals surface area contributed by atoms with Crippen LogP contribution in [0.3, 0.4) is 0 Å². The van der Waals surface area contributed by atoms with Crippen molar-refractivity contribution in [2.45, 2.75) is 19.4 Å². The largest absolute Gasteiger partial charge is 0.493 e. The Hall–Kier alpha value is -3.49. The second kappa shape index (κ2) is 12.2. The lowest BCUT2D eigenvalue weighted by molar-refractivity contribution is 0.0713. The molecule has 1 N–H and O–H groups in total. The Labute approximate surface area is 221 Å². The number of aromatic amines is 1. The van der Waals surface area contributed by atoms with E-state index in [1.54, 1.807) is 42.7 Å². The smallest absolute Gasteiger partial charge is 0.254 e. The quantitative estimate of drug-likeness (QED) is 0.270. The minimum Gasteiger partial charge on any atom is -0.493 e. The third kappa shape index (κ3) is 6.09. The van der Waals surface area contributed by atoms with E-state index < -0.39 is 6.67 Å². The Morgan fingerprint density at radius 3 is 2.73 bits per heavy atom. The van der Waals surface area contributed by atoms with Crippen LogP contribution in [0.25, 0.3) is 22.0 Å². The van der Waals surface area contributed by atoms with E-state index in [4.69, 9.17) is 16.3 Å². The maximum absolute atomic E-state index is 13.8. The van der Waals surface area contributed by atoms with Gasteiger partial charge in [0.2, 0.25) is 0 Å². The summed E-state index contributed by atoms with van der Waals surface area (Å²) < 4.78 is 18.8. The standard InChI is InChI=1S/C28H31ClFN5O2/c1-4-37-26-15-20(8-9-23(26)19-6-5-7-22(29)14-19)28(36)35(3)25(10-12-34(2)13-11-30)24-18-31-16-21-17-32-33-27(21)24/h5-9,14-18,25H,4,10-13H2,1-3H3,(H,32,33)/t25-/m1/s1. The van der Waals surface area contributed by atoms with E-state index in [0.29, 0.717) is 42.5 Å². The van der Waals surface area contributed by atoms with Gasteiger partial charge in [0.05, 0.1) is 24.4 Å². The molecule has 0 saturated heterocycles. The van der Waals surface area contributed by atoms with E-state index in [1.165, 1.54) is 0 Å². The van der Waals surface area contributed by atoms with Crippen molar-refractivity contribution >= 4 is 28.4 Å². The Bertz CT molecular complexity index is 1360. The van der Waals surface area contributed by atoms with Crippen LogP contribution in [-0.4, -0.2) is 71.4 Å². The van der Waals surface area contributed by atoms with E-state index in [9.17, 15) is 9.18 Å². The molecule has 0 saturated carbocycles. The van der Waals surface area contributed by atoms with Crippen molar-refractivity contribution in [3.63, 3.8) is 0 Å². The minimum atomic E-state index is -0.424. The fourth-order valence-electron chi connectivity index (χ4n) is 4.47. The number of hydrogen-bond donors (Lipinski definition) is 1. The second-order valence-electron chi connectivity index (χ2n) is 8.93. The molecule has 0 fully saturated rings. The molecule has 0 spiro atoms. The van der Waals surface area contributed by atoms with Crippen molar-refractivity contribution < 1.29 is 13.9 Å². The molecule has 2 heterocycles. The highest BCUT2D eigenvalue weighted by Crippen LogP contribution is 2.34. The topological polar surface area (TPSA) is 74.3 Å². The summed E-state index contributed by atoms with van der Waals surface area (Å²) in [4.78, 5) is 21.8. The number of carbonyl (C=O) groups is 1. The molecule has 2 aromatic heterocycles. The van der Waals surface area contributed by atoms with Crippen molar-refractivity contribution in [1.29, 1.82) is 0 Å². The zero-order valence-electron chi connectivity index (χ0n) is 21.2. The van der Waals surface area contributed by atoms with Gasteiger partial charge in [-0.2, -0.15) is 5.10 Å². The maximum Gasteiger partial charge on any atom is 0.254 e. The second-order valence-corrected chi connectivity index (χ2v) is 9.37. The highest BCUT2D eigenvalue weighted by molar-refractivity contribution is 6.30. The summed E-state index contributed by atoms with van der Waals surface area (Å²) >= 11 is 6.21. The summed E-state index contributed by atoms with van der Waals surface area (Å²) in [6, 6.07) is 12.7. The van der Waals surface area contributed by atoms with Gasteiger partial charge in [-0.1, -0.05) is 23.7 Å². The number of H-pyrrole nitrogens is 1. The van der Waals surface area contributed by atoms with Crippen molar-refractivity contribution in [3.8, 4) is 16.9 Å². The first kappa shape index (κ1) is 26.6. The number of amides is 1. The maximum atomic E-state index is 13.8. The highest BCUT2D eigenvalue weighted by Gasteiger charge is 2.26. The van der Waals surface area contributed by atoms with Crippen LogP contribution in [0.1, 0.15) is 35.3 Å². The third-order valence-electron chi connectivity index (χ3n) is 6.45. The van der Waals surface area contributed by atoms with Crippen LogP contribution in [0.15, 0.2) is 61.1 Å². The molecule has 0 unspecified atom stereocenters. The first-order valence-corrected chi connectivity index (χ1v) is 12.6. The molecular formula is C28H31ClFN5O2. The molecular weight excluding hydrogens is 493 g/mol. The number of nitrogens with one attached hydrogen (secondary N) is 1. The van der Waals surface area contributed by atoms with Crippen LogP contribution in [0.4, 0.5) is 4.39 Å². The third-order valence-corrected chi connectivity index (χ3v) is 6.68. The number of hydrogen-bond acceptors (Lipinski definition) is 5. The molecule has 0 aliphatic carbocycles. The predicted molar refractivity (Wildman–Crippen MR) is 145 cm³/mol. The van der Waals surface area contributed by atoms with Crippen LogP contribution in [0.5, 0.6) is 5.75 Å². The molecule has 194 valence electrons. The van der Waals surface area contributed by atoms with Gasteiger partial charge < -0.3 is 14.5 Å². The summed E-state index contributed by atoms with van der Waals surface area (Å²) in [5.41, 5.74) is 3.97. The van der Waals surface area contributed by atoms with E-state index in [0.717, 1.165) is 27.6 Å². The van der Waals surface area contributed by atoms with Gasteiger partial charge in [0.1, 0.15) is 12.4 Å². The normalized spacial score (nSPS) is 12.2. The molecule has 4 aromatic rings. The Kier molecular flexibility index (Phi) is 8.74. The summed E-state index contributed by atoms with van der Waals surface area (Å²) in [7, 11) is 3.65. The lowest BCUT2D eigenvalue weighted by Gasteiger charge is -2.30. The number of nitrogens with zero attached hydrogens (tertiary/aromatic N) is 4. The SMILES string of the molecule is CCOc1cc(C(=O)N(C)[C@H](CCN(C)CCF)c2cncc3cn[nH]c23)ccc1-c1cccc(Cl)c1. The molecule has 0 radical (unpaired) electrons. The molecule has 1 atom stereocenters. The lowest BCUT2D eigenvalue weighted by Crippen LogP contribution is -2.34. The number of rotatable bonds is 11. The minimum absolute atomic E-state index is 0.159. The van der Waals surface area contributed by atoms with E-state index in [1.807, 2.05) is 49.2 Å². The molecule has 1 amide bonds. The van der Waals surface area contributed by atoms with Gasteiger partial charge in [-0.3, -0.25) is 14.9 Å². The average Bonchev–Trinajstić information content (AvgIpc) is 3.38. The summed E-state index contributed by atoms with van der Waals surface area (Å²) in [5, 5.41) is 8.68.